The lowest BCUT2D eigenvalue weighted by Crippen LogP contribution is -2.50. The molecular formula is C22H34O3. The second-order valence-electron chi connectivity index (χ2n) is 8.88. The molecule has 2 aliphatic carbocycles. The largest absolute Gasteiger partial charge is 0.496 e. The lowest BCUT2D eigenvalue weighted by Gasteiger charge is -2.55. The zero-order chi connectivity index (χ0) is 18.4. The fourth-order valence-corrected chi connectivity index (χ4v) is 5.83. The molecule has 140 valence electrons. The minimum Gasteiger partial charge on any atom is -0.496 e. The number of ether oxygens (including phenoxy) is 2. The molecule has 0 aliphatic heterocycles. The van der Waals surface area contributed by atoms with E-state index >= 15 is 0 Å². The van der Waals surface area contributed by atoms with Crippen molar-refractivity contribution < 1.29 is 14.6 Å². The van der Waals surface area contributed by atoms with Crippen LogP contribution in [0.4, 0.5) is 0 Å². The smallest absolute Gasteiger partial charge is 0.126 e. The van der Waals surface area contributed by atoms with E-state index in [2.05, 4.69) is 33.8 Å². The van der Waals surface area contributed by atoms with Crippen molar-refractivity contribution in [3.63, 3.8) is 0 Å². The normalized spacial score (nSPS) is 31.4. The van der Waals surface area contributed by atoms with Crippen LogP contribution in [0.3, 0.4) is 0 Å². The van der Waals surface area contributed by atoms with Crippen molar-refractivity contribution in [2.24, 2.45) is 11.3 Å². The van der Waals surface area contributed by atoms with E-state index < -0.39 is 0 Å². The molecule has 1 fully saturated rings. The summed E-state index contributed by atoms with van der Waals surface area (Å²) in [6.07, 6.45) is 5.54. The predicted molar refractivity (Wildman–Crippen MR) is 102 cm³/mol. The van der Waals surface area contributed by atoms with Crippen molar-refractivity contribution in [1.82, 2.24) is 0 Å². The molecule has 3 heteroatoms. The van der Waals surface area contributed by atoms with E-state index in [1.165, 1.54) is 16.7 Å². The van der Waals surface area contributed by atoms with Crippen LogP contribution in [0.15, 0.2) is 6.07 Å². The maximum atomic E-state index is 10.1. The number of methoxy groups -OCH3 is 2. The first-order chi connectivity index (χ1) is 11.8. The molecule has 1 aromatic carbocycles. The third-order valence-corrected chi connectivity index (χ3v) is 7.09. The van der Waals surface area contributed by atoms with Crippen LogP contribution < -0.4 is 9.47 Å². The summed E-state index contributed by atoms with van der Waals surface area (Å²) in [6, 6.07) is 2.20. The van der Waals surface area contributed by atoms with Crippen molar-refractivity contribution in [3.05, 3.63) is 22.8 Å². The van der Waals surface area contributed by atoms with Crippen molar-refractivity contribution in [2.45, 2.75) is 71.1 Å². The molecule has 2 aliphatic rings. The Morgan fingerprint density at radius 2 is 1.92 bits per heavy atom. The summed E-state index contributed by atoms with van der Waals surface area (Å²) in [5, 5.41) is 10.1. The Morgan fingerprint density at radius 3 is 2.48 bits per heavy atom. The van der Waals surface area contributed by atoms with Gasteiger partial charge in [-0.2, -0.15) is 0 Å². The van der Waals surface area contributed by atoms with E-state index in [0.29, 0.717) is 11.8 Å². The fourth-order valence-electron chi connectivity index (χ4n) is 5.83. The minimum atomic E-state index is -0.000341. The van der Waals surface area contributed by atoms with Gasteiger partial charge in [-0.25, -0.2) is 0 Å². The molecule has 0 spiro atoms. The van der Waals surface area contributed by atoms with E-state index in [1.54, 1.807) is 14.2 Å². The van der Waals surface area contributed by atoms with E-state index in [1.807, 2.05) is 0 Å². The first-order valence-electron chi connectivity index (χ1n) is 9.71. The first-order valence-corrected chi connectivity index (χ1v) is 9.71. The average molecular weight is 347 g/mol. The molecular weight excluding hydrogens is 312 g/mol. The molecule has 3 unspecified atom stereocenters. The average Bonchev–Trinajstić information content (AvgIpc) is 2.59. The third-order valence-electron chi connectivity index (χ3n) is 7.09. The van der Waals surface area contributed by atoms with Gasteiger partial charge in [-0.05, 0) is 54.4 Å². The fraction of sp³-hybridized carbons (Fsp3) is 0.727. The molecule has 0 saturated heterocycles. The summed E-state index contributed by atoms with van der Waals surface area (Å²) in [7, 11) is 3.58. The van der Waals surface area contributed by atoms with Crippen LogP contribution >= 0.6 is 0 Å². The van der Waals surface area contributed by atoms with Crippen molar-refractivity contribution in [2.75, 3.05) is 20.8 Å². The second-order valence-corrected chi connectivity index (χ2v) is 8.88. The van der Waals surface area contributed by atoms with Gasteiger partial charge in [-0.3, -0.25) is 0 Å². The highest BCUT2D eigenvalue weighted by atomic mass is 16.5. The van der Waals surface area contributed by atoms with Gasteiger partial charge in [0.25, 0.3) is 0 Å². The molecule has 1 aromatic rings. The SMILES string of the molecule is COc1cc(C(C)C)c(OC)c2c1C1(C)CCCC(C)(CO)C1CC2. The summed E-state index contributed by atoms with van der Waals surface area (Å²) < 4.78 is 11.8. The Balaban J connectivity index is 2.25. The van der Waals surface area contributed by atoms with Gasteiger partial charge in [0.05, 0.1) is 14.2 Å². The minimum absolute atomic E-state index is 0.000341. The van der Waals surface area contributed by atoms with Crippen LogP contribution in [-0.4, -0.2) is 25.9 Å². The maximum absolute atomic E-state index is 10.1. The Morgan fingerprint density at radius 1 is 1.20 bits per heavy atom. The second kappa shape index (κ2) is 6.50. The highest BCUT2D eigenvalue weighted by Crippen LogP contribution is 2.60. The number of aliphatic hydroxyl groups excluding tert-OH is 1. The molecule has 3 atom stereocenters. The van der Waals surface area contributed by atoms with E-state index in [9.17, 15) is 5.11 Å². The van der Waals surface area contributed by atoms with Crippen LogP contribution in [0, 0.1) is 11.3 Å². The Kier molecular flexibility index (Phi) is 4.83. The van der Waals surface area contributed by atoms with Crippen molar-refractivity contribution >= 4 is 0 Å². The third kappa shape index (κ3) is 2.66. The maximum Gasteiger partial charge on any atom is 0.126 e. The molecule has 25 heavy (non-hydrogen) atoms. The van der Waals surface area contributed by atoms with Gasteiger partial charge in [-0.15, -0.1) is 0 Å². The van der Waals surface area contributed by atoms with E-state index in [0.717, 1.165) is 43.6 Å². The zero-order valence-corrected chi connectivity index (χ0v) is 16.7. The van der Waals surface area contributed by atoms with Gasteiger partial charge in [0.1, 0.15) is 11.5 Å². The van der Waals surface area contributed by atoms with Crippen molar-refractivity contribution in [3.8, 4) is 11.5 Å². The number of hydrogen-bond donors (Lipinski definition) is 1. The van der Waals surface area contributed by atoms with E-state index in [4.69, 9.17) is 9.47 Å². The Hall–Kier alpha value is -1.22. The summed E-state index contributed by atoms with van der Waals surface area (Å²) in [4.78, 5) is 0. The van der Waals surface area contributed by atoms with E-state index in [-0.39, 0.29) is 17.4 Å². The Labute approximate surface area is 152 Å². The number of fused-ring (bicyclic) bond motifs is 3. The van der Waals surface area contributed by atoms with Crippen molar-refractivity contribution in [1.29, 1.82) is 0 Å². The molecule has 0 radical (unpaired) electrons. The van der Waals surface area contributed by atoms with Crippen LogP contribution in [0.5, 0.6) is 11.5 Å². The van der Waals surface area contributed by atoms with Crippen LogP contribution in [0.2, 0.25) is 0 Å². The first kappa shape index (κ1) is 18.6. The number of rotatable bonds is 4. The molecule has 1 saturated carbocycles. The van der Waals surface area contributed by atoms with Gasteiger partial charge in [0.2, 0.25) is 0 Å². The van der Waals surface area contributed by atoms with Gasteiger partial charge < -0.3 is 14.6 Å². The molecule has 3 rings (SSSR count). The quantitative estimate of drug-likeness (QED) is 0.848. The molecule has 3 nitrogen and oxygen atoms in total. The molecule has 0 aromatic heterocycles. The van der Waals surface area contributed by atoms with Crippen LogP contribution in [-0.2, 0) is 11.8 Å². The number of aliphatic hydroxyl groups is 1. The standard InChI is InChI=1S/C22H34O3/c1-14(2)16-12-17(24-5)19-15(20(16)25-6)8-9-18-21(3,13-23)10-7-11-22(18,19)4/h12,14,18,23H,7-11,13H2,1-6H3. The highest BCUT2D eigenvalue weighted by Gasteiger charge is 2.53. The summed E-state index contributed by atoms with van der Waals surface area (Å²) in [5.74, 6) is 2.94. The summed E-state index contributed by atoms with van der Waals surface area (Å²) in [5.41, 5.74) is 3.95. The monoisotopic (exact) mass is 346 g/mol. The van der Waals surface area contributed by atoms with Gasteiger partial charge in [-0.1, -0.05) is 34.1 Å². The van der Waals surface area contributed by atoms with Gasteiger partial charge >= 0.3 is 0 Å². The van der Waals surface area contributed by atoms with Crippen LogP contribution in [0.1, 0.15) is 76.0 Å². The molecule has 0 amide bonds. The summed E-state index contributed by atoms with van der Waals surface area (Å²) >= 11 is 0. The predicted octanol–water partition coefficient (Wildman–Crippen LogP) is 4.83. The molecule has 0 bridgehead atoms. The van der Waals surface area contributed by atoms with Gasteiger partial charge in [0, 0.05) is 23.3 Å². The molecule has 0 heterocycles. The topological polar surface area (TPSA) is 38.7 Å². The number of hydrogen-bond acceptors (Lipinski definition) is 3. The lowest BCUT2D eigenvalue weighted by atomic mass is 9.49. The lowest BCUT2D eigenvalue weighted by molar-refractivity contribution is -0.0189. The van der Waals surface area contributed by atoms with Gasteiger partial charge in [0.15, 0.2) is 0 Å². The van der Waals surface area contributed by atoms with Crippen LogP contribution in [0.25, 0.3) is 0 Å². The Bertz CT molecular complexity index is 651. The number of benzene rings is 1. The molecule has 1 N–H and O–H groups in total. The summed E-state index contributed by atoms with van der Waals surface area (Å²) in [6.45, 7) is 9.35. The zero-order valence-electron chi connectivity index (χ0n) is 16.7. The highest BCUT2D eigenvalue weighted by molar-refractivity contribution is 5.59.